The monoisotopic (exact) mass is 374 g/mol. The second-order valence-corrected chi connectivity index (χ2v) is 6.41. The van der Waals surface area contributed by atoms with Crippen LogP contribution in [0.5, 0.6) is 0 Å². The van der Waals surface area contributed by atoms with Crippen LogP contribution in [0.1, 0.15) is 26.2 Å². The molecule has 3 rings (SSSR count). The minimum absolute atomic E-state index is 0.170. The van der Waals surface area contributed by atoms with E-state index < -0.39 is 0 Å². The van der Waals surface area contributed by atoms with Gasteiger partial charge in [0.2, 0.25) is 11.8 Å². The number of nitroso groups, excluding NO2 is 1. The van der Waals surface area contributed by atoms with E-state index in [9.17, 15) is 19.3 Å². The molecular weight excluding hydrogens is 352 g/mol. The number of rotatable bonds is 4. The molecule has 2 saturated heterocycles. The topological polar surface area (TPSA) is 99.6 Å². The summed E-state index contributed by atoms with van der Waals surface area (Å²) in [5.74, 6) is -0.530. The van der Waals surface area contributed by atoms with Crippen molar-refractivity contribution in [3.8, 4) is 0 Å². The van der Waals surface area contributed by atoms with E-state index in [2.05, 4.69) is 5.18 Å². The fourth-order valence-electron chi connectivity index (χ4n) is 3.38. The zero-order chi connectivity index (χ0) is 19.4. The molecule has 9 heteroatoms. The average Bonchev–Trinajstić information content (AvgIpc) is 2.68. The smallest absolute Gasteiger partial charge is 0.409 e. The van der Waals surface area contributed by atoms with Crippen molar-refractivity contribution < 1.29 is 19.1 Å². The Hall–Kier alpha value is -2.97. The van der Waals surface area contributed by atoms with Gasteiger partial charge in [0.15, 0.2) is 0 Å². The van der Waals surface area contributed by atoms with Crippen molar-refractivity contribution in [1.82, 2.24) is 4.90 Å². The number of carbonyl (C=O) groups is 3. The molecule has 0 aliphatic carbocycles. The van der Waals surface area contributed by atoms with Gasteiger partial charge < -0.3 is 14.5 Å². The summed E-state index contributed by atoms with van der Waals surface area (Å²) in [5.41, 5.74) is 1.16. The van der Waals surface area contributed by atoms with Crippen molar-refractivity contribution in [3.05, 3.63) is 23.1 Å². The minimum atomic E-state index is -0.344. The fraction of sp³-hybridized carbons (Fsp3) is 0.500. The van der Waals surface area contributed by atoms with E-state index in [1.165, 1.54) is 6.07 Å². The Balaban J connectivity index is 1.76. The fourth-order valence-corrected chi connectivity index (χ4v) is 3.38. The number of benzene rings is 1. The molecule has 0 bridgehead atoms. The first-order valence-corrected chi connectivity index (χ1v) is 9.05. The molecular formula is C18H22N4O5. The third kappa shape index (κ3) is 3.91. The Morgan fingerprint density at radius 2 is 1.78 bits per heavy atom. The summed E-state index contributed by atoms with van der Waals surface area (Å²) in [6.07, 6.45) is 0.833. The number of nitrogens with zero attached hydrogens (tertiary/aromatic N) is 4. The molecule has 27 heavy (non-hydrogen) atoms. The number of hydrogen-bond donors (Lipinski definition) is 0. The summed E-state index contributed by atoms with van der Waals surface area (Å²) in [7, 11) is 0. The van der Waals surface area contributed by atoms with E-state index in [0.717, 1.165) is 4.90 Å². The highest BCUT2D eigenvalue weighted by molar-refractivity contribution is 6.16. The molecule has 0 radical (unpaired) electrons. The minimum Gasteiger partial charge on any atom is -0.450 e. The summed E-state index contributed by atoms with van der Waals surface area (Å²) in [4.78, 5) is 52.0. The highest BCUT2D eigenvalue weighted by atomic mass is 16.6. The number of hydrogen-bond acceptors (Lipinski definition) is 7. The van der Waals surface area contributed by atoms with E-state index in [4.69, 9.17) is 4.74 Å². The second-order valence-electron chi connectivity index (χ2n) is 6.41. The Bertz CT molecular complexity index is 742. The lowest BCUT2D eigenvalue weighted by atomic mass is 10.1. The lowest BCUT2D eigenvalue weighted by Gasteiger charge is -2.36. The molecule has 0 saturated carbocycles. The Labute approximate surface area is 156 Å². The molecule has 2 aliphatic rings. The Morgan fingerprint density at radius 3 is 2.37 bits per heavy atom. The number of ether oxygens (including phenoxy) is 1. The maximum absolute atomic E-state index is 12.1. The maximum Gasteiger partial charge on any atom is 0.409 e. The Kier molecular flexibility index (Phi) is 5.68. The van der Waals surface area contributed by atoms with Gasteiger partial charge >= 0.3 is 6.09 Å². The third-order valence-electron chi connectivity index (χ3n) is 4.74. The van der Waals surface area contributed by atoms with Crippen LogP contribution in [0.25, 0.3) is 0 Å². The predicted octanol–water partition coefficient (Wildman–Crippen LogP) is 2.41. The average molecular weight is 374 g/mol. The number of imide groups is 1. The largest absolute Gasteiger partial charge is 0.450 e. The van der Waals surface area contributed by atoms with Crippen molar-refractivity contribution in [2.75, 3.05) is 42.6 Å². The van der Waals surface area contributed by atoms with Crippen LogP contribution < -0.4 is 9.80 Å². The quantitative estimate of drug-likeness (QED) is 0.593. The van der Waals surface area contributed by atoms with E-state index in [0.29, 0.717) is 63.4 Å². The molecule has 0 unspecified atom stereocenters. The van der Waals surface area contributed by atoms with Gasteiger partial charge in [0.05, 0.1) is 18.0 Å². The van der Waals surface area contributed by atoms with E-state index >= 15 is 0 Å². The number of carbonyl (C=O) groups excluding carboxylic acids is 3. The van der Waals surface area contributed by atoms with Gasteiger partial charge in [-0.3, -0.25) is 14.5 Å². The number of piperidine rings is 1. The van der Waals surface area contributed by atoms with Crippen LogP contribution >= 0.6 is 0 Å². The molecule has 0 N–H and O–H groups in total. The van der Waals surface area contributed by atoms with Crippen molar-refractivity contribution >= 4 is 35.0 Å². The number of amides is 3. The molecule has 144 valence electrons. The zero-order valence-electron chi connectivity index (χ0n) is 15.2. The van der Waals surface area contributed by atoms with Gasteiger partial charge in [0, 0.05) is 39.0 Å². The zero-order valence-corrected chi connectivity index (χ0v) is 15.2. The van der Waals surface area contributed by atoms with Crippen molar-refractivity contribution in [1.29, 1.82) is 0 Å². The molecule has 1 aromatic rings. The van der Waals surface area contributed by atoms with Gasteiger partial charge in [-0.1, -0.05) is 0 Å². The lowest BCUT2D eigenvalue weighted by Crippen LogP contribution is -2.49. The van der Waals surface area contributed by atoms with Gasteiger partial charge in [-0.15, -0.1) is 4.91 Å². The highest BCUT2D eigenvalue weighted by Crippen LogP contribution is 2.35. The van der Waals surface area contributed by atoms with Gasteiger partial charge in [0.1, 0.15) is 5.69 Å². The second kappa shape index (κ2) is 8.15. The van der Waals surface area contributed by atoms with Crippen LogP contribution in [-0.4, -0.2) is 55.6 Å². The number of anilines is 2. The van der Waals surface area contributed by atoms with Crippen LogP contribution in [0, 0.1) is 4.91 Å². The summed E-state index contributed by atoms with van der Waals surface area (Å²) < 4.78 is 5.00. The van der Waals surface area contributed by atoms with Gasteiger partial charge in [0.25, 0.3) is 0 Å². The van der Waals surface area contributed by atoms with Gasteiger partial charge in [-0.25, -0.2) is 4.79 Å². The summed E-state index contributed by atoms with van der Waals surface area (Å²) >= 11 is 0. The van der Waals surface area contributed by atoms with Gasteiger partial charge in [-0.2, -0.15) is 0 Å². The SMILES string of the molecule is CCOC(=O)N1CCN(c2ccc(N3C(=O)CCCC3=O)cc2N=O)CC1. The summed E-state index contributed by atoms with van der Waals surface area (Å²) in [6.45, 7) is 4.09. The van der Waals surface area contributed by atoms with Crippen molar-refractivity contribution in [2.24, 2.45) is 5.18 Å². The van der Waals surface area contributed by atoms with E-state index in [1.54, 1.807) is 24.0 Å². The standard InChI is InChI=1S/C18H22N4O5/c1-2-27-18(25)21-10-8-20(9-11-21)15-7-6-13(12-14(15)19-26)22-16(23)4-3-5-17(22)24/h6-7,12H,2-5,8-11H2,1H3. The third-order valence-corrected chi connectivity index (χ3v) is 4.74. The molecule has 0 atom stereocenters. The van der Waals surface area contributed by atoms with Crippen LogP contribution in [0.2, 0.25) is 0 Å². The lowest BCUT2D eigenvalue weighted by molar-refractivity contribution is -0.129. The predicted molar refractivity (Wildman–Crippen MR) is 99.0 cm³/mol. The number of piperazine rings is 1. The molecule has 0 spiro atoms. The van der Waals surface area contributed by atoms with Crippen LogP contribution in [0.4, 0.5) is 21.9 Å². The molecule has 1 aromatic carbocycles. The van der Waals surface area contributed by atoms with Crippen molar-refractivity contribution in [2.45, 2.75) is 26.2 Å². The molecule has 2 heterocycles. The molecule has 9 nitrogen and oxygen atoms in total. The molecule has 2 fully saturated rings. The summed E-state index contributed by atoms with van der Waals surface area (Å²) in [6, 6.07) is 4.82. The highest BCUT2D eigenvalue weighted by Gasteiger charge is 2.29. The normalized spacial score (nSPS) is 17.9. The first-order valence-electron chi connectivity index (χ1n) is 9.05. The Morgan fingerprint density at radius 1 is 1.11 bits per heavy atom. The van der Waals surface area contributed by atoms with Crippen LogP contribution in [-0.2, 0) is 14.3 Å². The van der Waals surface area contributed by atoms with E-state index in [1.807, 2.05) is 4.90 Å². The first-order chi connectivity index (χ1) is 13.0. The molecule has 2 aliphatic heterocycles. The summed E-state index contributed by atoms with van der Waals surface area (Å²) in [5, 5.41) is 3.09. The first kappa shape index (κ1) is 18.8. The van der Waals surface area contributed by atoms with Gasteiger partial charge in [-0.05, 0) is 36.7 Å². The molecule has 0 aromatic heterocycles. The van der Waals surface area contributed by atoms with Crippen LogP contribution in [0.15, 0.2) is 23.4 Å². The van der Waals surface area contributed by atoms with Crippen LogP contribution in [0.3, 0.4) is 0 Å². The van der Waals surface area contributed by atoms with E-state index in [-0.39, 0.29) is 23.6 Å². The molecule has 3 amide bonds. The maximum atomic E-state index is 12.1. The van der Waals surface area contributed by atoms with Crippen molar-refractivity contribution in [3.63, 3.8) is 0 Å².